The Morgan fingerprint density at radius 1 is 0.242 bits per heavy atom. The first-order valence-electron chi connectivity index (χ1n) is 20.5. The van der Waals surface area contributed by atoms with Crippen molar-refractivity contribution >= 4 is 0 Å². The first-order chi connectivity index (χ1) is 30.5. The summed E-state index contributed by atoms with van der Waals surface area (Å²) in [6.45, 7) is 4.16. The Hall–Kier alpha value is -8.29. The van der Waals surface area contributed by atoms with E-state index in [1.165, 1.54) is 11.1 Å². The van der Waals surface area contributed by atoms with Crippen molar-refractivity contribution < 1.29 is 0 Å². The lowest BCUT2D eigenvalue weighted by atomic mass is 9.88. The largest absolute Gasteiger partial charge is 0.265 e. The standard InChI is InChI=1S/C55H39N7/c1-36-17-21-42(22-18-36)52-58-53(43-23-19-37(2)20-24-43)60-54(59-52)44-27-25-39(26-28-44)46-30-29-45(38-31-33-56-34-32-38)35-49(46)47-15-9-10-16-48(47)55-61-50(40-11-5-3-6-12-40)57-51(62-55)41-13-7-4-8-14-41/h3-35H,1-2H3. The molecule has 0 aliphatic heterocycles. The maximum atomic E-state index is 5.13. The molecule has 0 saturated carbocycles. The maximum Gasteiger partial charge on any atom is 0.164 e. The SMILES string of the molecule is Cc1ccc(-c2nc(-c3ccc(C)cc3)nc(-c3ccc(-c4ccc(-c5ccncc5)cc4-c4ccccc4-c4nc(-c5ccccc5)nc(-c5ccccc5)n4)cc3)n2)cc1. The smallest absolute Gasteiger partial charge is 0.164 e. The van der Waals surface area contributed by atoms with Gasteiger partial charge in [-0.2, -0.15) is 0 Å². The van der Waals surface area contributed by atoms with Crippen LogP contribution in [0.2, 0.25) is 0 Å². The summed E-state index contributed by atoms with van der Waals surface area (Å²) in [5, 5.41) is 0. The average Bonchev–Trinajstić information content (AvgIpc) is 3.35. The predicted molar refractivity (Wildman–Crippen MR) is 249 cm³/mol. The molecule has 7 heteroatoms. The molecule has 0 saturated heterocycles. The average molecular weight is 798 g/mol. The van der Waals surface area contributed by atoms with E-state index in [1.54, 1.807) is 0 Å². The van der Waals surface area contributed by atoms with Gasteiger partial charge in [0.1, 0.15) is 0 Å². The van der Waals surface area contributed by atoms with Crippen LogP contribution in [0.25, 0.3) is 102 Å². The molecule has 7 aromatic carbocycles. The molecule has 0 radical (unpaired) electrons. The molecule has 3 heterocycles. The maximum absolute atomic E-state index is 5.13. The van der Waals surface area contributed by atoms with E-state index in [0.717, 1.165) is 66.8 Å². The van der Waals surface area contributed by atoms with E-state index in [9.17, 15) is 0 Å². The molecule has 0 unspecified atom stereocenters. The normalized spacial score (nSPS) is 11.1. The summed E-state index contributed by atoms with van der Waals surface area (Å²) in [7, 11) is 0. The van der Waals surface area contributed by atoms with Gasteiger partial charge in [-0.1, -0.05) is 181 Å². The molecule has 0 spiro atoms. The van der Waals surface area contributed by atoms with Gasteiger partial charge in [0.05, 0.1) is 0 Å². The van der Waals surface area contributed by atoms with E-state index in [-0.39, 0.29) is 0 Å². The molecule has 294 valence electrons. The molecule has 3 aromatic heterocycles. The molecule has 0 aliphatic carbocycles. The first kappa shape index (κ1) is 37.9. The highest BCUT2D eigenvalue weighted by atomic mass is 15.0. The van der Waals surface area contributed by atoms with Crippen molar-refractivity contribution in [3.63, 3.8) is 0 Å². The van der Waals surface area contributed by atoms with Crippen LogP contribution >= 0.6 is 0 Å². The van der Waals surface area contributed by atoms with Gasteiger partial charge in [-0.05, 0) is 65.4 Å². The van der Waals surface area contributed by atoms with Gasteiger partial charge in [-0.3, -0.25) is 4.98 Å². The monoisotopic (exact) mass is 797 g/mol. The van der Waals surface area contributed by atoms with Crippen molar-refractivity contribution in [2.75, 3.05) is 0 Å². The number of aromatic nitrogens is 7. The Morgan fingerprint density at radius 3 is 1.10 bits per heavy atom. The zero-order chi connectivity index (χ0) is 41.8. The van der Waals surface area contributed by atoms with Crippen LogP contribution in [0.4, 0.5) is 0 Å². The van der Waals surface area contributed by atoms with E-state index in [4.69, 9.17) is 29.9 Å². The van der Waals surface area contributed by atoms with Crippen LogP contribution in [0.1, 0.15) is 11.1 Å². The second kappa shape index (κ2) is 16.8. The summed E-state index contributed by atoms with van der Waals surface area (Å²) < 4.78 is 0. The van der Waals surface area contributed by atoms with Crippen molar-refractivity contribution in [1.29, 1.82) is 0 Å². The van der Waals surface area contributed by atoms with Crippen molar-refractivity contribution in [3.8, 4) is 102 Å². The Balaban J connectivity index is 1.11. The summed E-state index contributed by atoms with van der Waals surface area (Å²) in [5.41, 5.74) is 14.1. The lowest BCUT2D eigenvalue weighted by molar-refractivity contribution is 1.07. The number of nitrogens with zero attached hydrogens (tertiary/aromatic N) is 7. The summed E-state index contributed by atoms with van der Waals surface area (Å²) in [6.07, 6.45) is 3.65. The molecule has 62 heavy (non-hydrogen) atoms. The zero-order valence-electron chi connectivity index (χ0n) is 34.2. The third-order valence-corrected chi connectivity index (χ3v) is 10.9. The van der Waals surface area contributed by atoms with E-state index >= 15 is 0 Å². The Bertz CT molecular complexity index is 3030. The van der Waals surface area contributed by atoms with E-state index in [2.05, 4.69) is 128 Å². The molecule has 10 rings (SSSR count). The van der Waals surface area contributed by atoms with Crippen molar-refractivity contribution in [2.45, 2.75) is 13.8 Å². The van der Waals surface area contributed by atoms with Gasteiger partial charge < -0.3 is 0 Å². The molecule has 0 fully saturated rings. The van der Waals surface area contributed by atoms with Crippen molar-refractivity contribution in [1.82, 2.24) is 34.9 Å². The number of rotatable bonds is 9. The highest BCUT2D eigenvalue weighted by Gasteiger charge is 2.19. The Kier molecular flexibility index (Phi) is 10.3. The van der Waals surface area contributed by atoms with Crippen molar-refractivity contribution in [3.05, 3.63) is 212 Å². The van der Waals surface area contributed by atoms with E-state index < -0.39 is 0 Å². The highest BCUT2D eigenvalue weighted by Crippen LogP contribution is 2.41. The van der Waals surface area contributed by atoms with E-state index in [1.807, 2.05) is 91.3 Å². The summed E-state index contributed by atoms with van der Waals surface area (Å²) in [4.78, 5) is 34.5. The molecule has 10 aromatic rings. The number of pyridine rings is 1. The van der Waals surface area contributed by atoms with Crippen LogP contribution in [0.15, 0.2) is 200 Å². The van der Waals surface area contributed by atoms with Gasteiger partial charge in [0.15, 0.2) is 34.9 Å². The van der Waals surface area contributed by atoms with Crippen LogP contribution in [-0.2, 0) is 0 Å². The minimum absolute atomic E-state index is 0.590. The van der Waals surface area contributed by atoms with Crippen LogP contribution in [0.3, 0.4) is 0 Å². The number of hydrogen-bond acceptors (Lipinski definition) is 7. The van der Waals surface area contributed by atoms with Gasteiger partial charge in [-0.25, -0.2) is 29.9 Å². The quantitative estimate of drug-likeness (QED) is 0.144. The molecule has 0 bridgehead atoms. The van der Waals surface area contributed by atoms with Gasteiger partial charge in [0, 0.05) is 45.8 Å². The van der Waals surface area contributed by atoms with Crippen LogP contribution in [0, 0.1) is 13.8 Å². The Labute approximate surface area is 360 Å². The summed E-state index contributed by atoms with van der Waals surface area (Å²) >= 11 is 0. The summed E-state index contributed by atoms with van der Waals surface area (Å²) in [6, 6.07) is 64.3. The van der Waals surface area contributed by atoms with Crippen LogP contribution in [-0.4, -0.2) is 34.9 Å². The third-order valence-electron chi connectivity index (χ3n) is 10.9. The molecular formula is C55H39N7. The van der Waals surface area contributed by atoms with Gasteiger partial charge in [-0.15, -0.1) is 0 Å². The lowest BCUT2D eigenvalue weighted by Gasteiger charge is -2.17. The molecule has 0 atom stereocenters. The third kappa shape index (κ3) is 7.90. The number of aryl methyl sites for hydroxylation is 2. The minimum atomic E-state index is 0.590. The predicted octanol–water partition coefficient (Wildman–Crippen LogP) is 13.1. The van der Waals surface area contributed by atoms with Gasteiger partial charge in [0.2, 0.25) is 0 Å². The molecule has 7 nitrogen and oxygen atoms in total. The second-order valence-electron chi connectivity index (χ2n) is 15.2. The zero-order valence-corrected chi connectivity index (χ0v) is 34.2. The Morgan fingerprint density at radius 2 is 0.613 bits per heavy atom. The molecule has 0 N–H and O–H groups in total. The first-order valence-corrected chi connectivity index (χ1v) is 20.5. The van der Waals surface area contributed by atoms with Gasteiger partial charge >= 0.3 is 0 Å². The summed E-state index contributed by atoms with van der Waals surface area (Å²) in [5.74, 6) is 3.68. The lowest BCUT2D eigenvalue weighted by Crippen LogP contribution is -2.01. The fourth-order valence-electron chi connectivity index (χ4n) is 7.55. The fraction of sp³-hybridized carbons (Fsp3) is 0.0364. The number of hydrogen-bond donors (Lipinski definition) is 0. The second-order valence-corrected chi connectivity index (χ2v) is 15.2. The minimum Gasteiger partial charge on any atom is -0.265 e. The van der Waals surface area contributed by atoms with Gasteiger partial charge in [0.25, 0.3) is 0 Å². The fourth-order valence-corrected chi connectivity index (χ4v) is 7.55. The molecule has 0 amide bonds. The topological polar surface area (TPSA) is 90.2 Å². The molecule has 0 aliphatic rings. The highest BCUT2D eigenvalue weighted by molar-refractivity contribution is 5.93. The van der Waals surface area contributed by atoms with E-state index in [0.29, 0.717) is 34.9 Å². The number of benzene rings is 7. The van der Waals surface area contributed by atoms with Crippen molar-refractivity contribution in [2.24, 2.45) is 0 Å². The van der Waals surface area contributed by atoms with Crippen LogP contribution < -0.4 is 0 Å². The van der Waals surface area contributed by atoms with Crippen LogP contribution in [0.5, 0.6) is 0 Å². The molecular weight excluding hydrogens is 759 g/mol.